The first-order valence-electron chi connectivity index (χ1n) is 3.00. The van der Waals surface area contributed by atoms with Gasteiger partial charge in [0, 0.05) is 12.7 Å². The molecule has 0 aromatic heterocycles. The predicted octanol–water partition coefficient (Wildman–Crippen LogP) is 0.625. The van der Waals surface area contributed by atoms with E-state index in [-0.39, 0.29) is 12.4 Å². The summed E-state index contributed by atoms with van der Waals surface area (Å²) in [5.41, 5.74) is 5.60. The Hall–Kier alpha value is -0.540. The van der Waals surface area contributed by atoms with Gasteiger partial charge in [0.1, 0.15) is 6.29 Å². The fraction of sp³-hybridized carbons (Fsp3) is 0.500. The Balaban J connectivity index is 0. The van der Waals surface area contributed by atoms with Gasteiger partial charge in [0.05, 0.1) is 0 Å². The van der Waals surface area contributed by atoms with Crippen molar-refractivity contribution in [2.45, 2.75) is 13.3 Å². The van der Waals surface area contributed by atoms with Crippen molar-refractivity contribution in [1.82, 2.24) is 10.9 Å². The van der Waals surface area contributed by atoms with Crippen LogP contribution in [0.25, 0.3) is 0 Å². The van der Waals surface area contributed by atoms with Crippen LogP contribution < -0.4 is 10.9 Å². The van der Waals surface area contributed by atoms with Crippen molar-refractivity contribution in [3.05, 3.63) is 12.3 Å². The van der Waals surface area contributed by atoms with Crippen LogP contribution in [-0.4, -0.2) is 12.8 Å². The lowest BCUT2D eigenvalue weighted by molar-refractivity contribution is -0.104. The van der Waals surface area contributed by atoms with Gasteiger partial charge in [-0.2, -0.15) is 0 Å². The molecule has 2 N–H and O–H groups in total. The van der Waals surface area contributed by atoms with Gasteiger partial charge < -0.3 is 5.43 Å². The molecule has 0 spiro atoms. The molecule has 0 aliphatic rings. The standard InChI is InChI=1S/C6H12N2O.ClH/c1-2-4-7-8-5-3-6-9;/h3,5-8H,2,4H2,1H3;1H. The minimum absolute atomic E-state index is 0. The molecule has 0 saturated carbocycles. The maximum absolute atomic E-state index is 9.68. The smallest absolute Gasteiger partial charge is 0.144 e. The van der Waals surface area contributed by atoms with Gasteiger partial charge in [-0.3, -0.25) is 4.79 Å². The van der Waals surface area contributed by atoms with Crippen molar-refractivity contribution in [3.8, 4) is 0 Å². The fourth-order valence-electron chi connectivity index (χ4n) is 0.343. The maximum Gasteiger partial charge on any atom is 0.144 e. The Kier molecular flexibility index (Phi) is 13.7. The van der Waals surface area contributed by atoms with E-state index in [9.17, 15) is 4.79 Å². The van der Waals surface area contributed by atoms with Crippen LogP contribution >= 0.6 is 12.4 Å². The van der Waals surface area contributed by atoms with Gasteiger partial charge in [0.2, 0.25) is 0 Å². The summed E-state index contributed by atoms with van der Waals surface area (Å²) in [6.45, 7) is 2.97. The summed E-state index contributed by atoms with van der Waals surface area (Å²) in [6.07, 6.45) is 4.74. The van der Waals surface area contributed by atoms with E-state index in [2.05, 4.69) is 17.8 Å². The number of hydrogen-bond acceptors (Lipinski definition) is 3. The SMILES string of the molecule is CCCNNC=CC=O.Cl. The van der Waals surface area contributed by atoms with Gasteiger partial charge in [0.25, 0.3) is 0 Å². The zero-order chi connectivity index (χ0) is 6.95. The highest BCUT2D eigenvalue weighted by Gasteiger charge is 1.73. The number of aldehydes is 1. The molecule has 0 aliphatic heterocycles. The molecule has 0 aliphatic carbocycles. The van der Waals surface area contributed by atoms with Crippen LogP contribution in [0.2, 0.25) is 0 Å². The first kappa shape index (κ1) is 12.2. The Morgan fingerprint density at radius 1 is 1.50 bits per heavy atom. The van der Waals surface area contributed by atoms with Crippen molar-refractivity contribution in [2.75, 3.05) is 6.54 Å². The predicted molar refractivity (Wildman–Crippen MR) is 43.9 cm³/mol. The van der Waals surface area contributed by atoms with E-state index in [0.29, 0.717) is 0 Å². The van der Waals surface area contributed by atoms with Crippen LogP contribution in [0.5, 0.6) is 0 Å². The van der Waals surface area contributed by atoms with Crippen LogP contribution in [0.3, 0.4) is 0 Å². The molecule has 3 nitrogen and oxygen atoms in total. The number of carbonyl (C=O) groups is 1. The molecule has 0 rings (SSSR count). The molecule has 0 saturated heterocycles. The summed E-state index contributed by atoms with van der Waals surface area (Å²) in [5.74, 6) is 0. The van der Waals surface area contributed by atoms with E-state index in [1.807, 2.05) is 0 Å². The average Bonchev–Trinajstić information content (AvgIpc) is 1.89. The van der Waals surface area contributed by atoms with Gasteiger partial charge in [-0.25, -0.2) is 5.43 Å². The maximum atomic E-state index is 9.68. The second-order valence-electron chi connectivity index (χ2n) is 1.57. The van der Waals surface area contributed by atoms with Crippen LogP contribution in [0.4, 0.5) is 0 Å². The zero-order valence-corrected chi connectivity index (χ0v) is 6.78. The third-order valence-corrected chi connectivity index (χ3v) is 0.735. The molecule has 0 aromatic carbocycles. The average molecular weight is 165 g/mol. The molecule has 0 heterocycles. The third-order valence-electron chi connectivity index (χ3n) is 0.735. The molecular weight excluding hydrogens is 152 g/mol. The molecule has 0 unspecified atom stereocenters. The molecule has 0 aromatic rings. The van der Waals surface area contributed by atoms with E-state index in [1.165, 1.54) is 6.08 Å². The van der Waals surface area contributed by atoms with Gasteiger partial charge in [-0.15, -0.1) is 12.4 Å². The molecule has 4 heteroatoms. The van der Waals surface area contributed by atoms with Gasteiger partial charge in [0.15, 0.2) is 0 Å². The lowest BCUT2D eigenvalue weighted by Gasteiger charge is -1.98. The number of halogens is 1. The lowest BCUT2D eigenvalue weighted by Crippen LogP contribution is -2.27. The zero-order valence-electron chi connectivity index (χ0n) is 5.96. The van der Waals surface area contributed by atoms with Crippen LogP contribution in [0.1, 0.15) is 13.3 Å². The summed E-state index contributed by atoms with van der Waals surface area (Å²) >= 11 is 0. The largest absolute Gasteiger partial charge is 0.329 e. The normalized spacial score (nSPS) is 8.90. The Morgan fingerprint density at radius 3 is 2.70 bits per heavy atom. The van der Waals surface area contributed by atoms with E-state index < -0.39 is 0 Å². The minimum atomic E-state index is 0. The molecule has 0 radical (unpaired) electrons. The number of hydrogen-bond donors (Lipinski definition) is 2. The monoisotopic (exact) mass is 164 g/mol. The van der Waals surface area contributed by atoms with Crippen LogP contribution in [0.15, 0.2) is 12.3 Å². The molecule has 10 heavy (non-hydrogen) atoms. The molecule has 0 bridgehead atoms. The highest BCUT2D eigenvalue weighted by atomic mass is 35.5. The fourth-order valence-corrected chi connectivity index (χ4v) is 0.343. The number of allylic oxidation sites excluding steroid dienone is 1. The first-order chi connectivity index (χ1) is 4.41. The van der Waals surface area contributed by atoms with E-state index >= 15 is 0 Å². The second-order valence-corrected chi connectivity index (χ2v) is 1.57. The summed E-state index contributed by atoms with van der Waals surface area (Å²) in [4.78, 5) is 9.68. The molecule has 0 fully saturated rings. The molecule has 60 valence electrons. The van der Waals surface area contributed by atoms with Crippen LogP contribution in [0, 0.1) is 0 Å². The summed E-state index contributed by atoms with van der Waals surface area (Å²) in [7, 11) is 0. The van der Waals surface area contributed by atoms with Gasteiger partial charge in [-0.1, -0.05) is 6.92 Å². The van der Waals surface area contributed by atoms with Crippen molar-refractivity contribution in [2.24, 2.45) is 0 Å². The highest BCUT2D eigenvalue weighted by Crippen LogP contribution is 1.65. The topological polar surface area (TPSA) is 41.1 Å². The summed E-state index contributed by atoms with van der Waals surface area (Å²) in [5, 5.41) is 0. The van der Waals surface area contributed by atoms with Crippen molar-refractivity contribution in [3.63, 3.8) is 0 Å². The lowest BCUT2D eigenvalue weighted by atomic mass is 10.5. The van der Waals surface area contributed by atoms with E-state index in [4.69, 9.17) is 0 Å². The number of nitrogens with one attached hydrogen (secondary N) is 2. The number of rotatable bonds is 5. The Bertz CT molecular complexity index is 95.7. The van der Waals surface area contributed by atoms with E-state index in [1.54, 1.807) is 6.20 Å². The van der Waals surface area contributed by atoms with Gasteiger partial charge >= 0.3 is 0 Å². The van der Waals surface area contributed by atoms with Crippen LogP contribution in [-0.2, 0) is 4.79 Å². The van der Waals surface area contributed by atoms with Gasteiger partial charge in [-0.05, 0) is 12.5 Å². The summed E-state index contributed by atoms with van der Waals surface area (Å²) < 4.78 is 0. The third kappa shape index (κ3) is 10.4. The number of carbonyl (C=O) groups excluding carboxylic acids is 1. The molecular formula is C6H13ClN2O. The Morgan fingerprint density at radius 2 is 2.20 bits per heavy atom. The van der Waals surface area contributed by atoms with Crippen molar-refractivity contribution in [1.29, 1.82) is 0 Å². The summed E-state index contributed by atoms with van der Waals surface area (Å²) in [6, 6.07) is 0. The quantitative estimate of drug-likeness (QED) is 0.271. The minimum Gasteiger partial charge on any atom is -0.329 e. The van der Waals surface area contributed by atoms with Crippen molar-refractivity contribution >= 4 is 18.7 Å². The highest BCUT2D eigenvalue weighted by molar-refractivity contribution is 5.85. The van der Waals surface area contributed by atoms with E-state index in [0.717, 1.165) is 19.3 Å². The molecule has 0 atom stereocenters. The number of hydrazine groups is 1. The Labute approximate surface area is 67.3 Å². The first-order valence-corrected chi connectivity index (χ1v) is 3.00. The van der Waals surface area contributed by atoms with Crippen molar-refractivity contribution < 1.29 is 4.79 Å². The molecule has 0 amide bonds. The second kappa shape index (κ2) is 11.3.